The number of benzene rings is 3. The second kappa shape index (κ2) is 9.76. The number of carbonyl (C=O) groups excluding carboxylic acids is 3. The zero-order valence-electron chi connectivity index (χ0n) is 18.1. The van der Waals surface area contributed by atoms with Gasteiger partial charge in [-0.25, -0.2) is 9.69 Å². The van der Waals surface area contributed by atoms with Gasteiger partial charge in [0, 0.05) is 12.5 Å². The van der Waals surface area contributed by atoms with Gasteiger partial charge in [0.05, 0.1) is 31.8 Å². The first-order valence-corrected chi connectivity index (χ1v) is 11.1. The smallest absolute Gasteiger partial charge is 0.326 e. The topological polar surface area (TPSA) is 147 Å². The second-order valence-electron chi connectivity index (χ2n) is 7.73. The van der Waals surface area contributed by atoms with Crippen LogP contribution in [0.1, 0.15) is 36.6 Å². The van der Waals surface area contributed by atoms with Gasteiger partial charge < -0.3 is 10.4 Å². The number of carboxylic acid groups (broad SMARTS) is 1. The summed E-state index contributed by atoms with van der Waals surface area (Å²) in [6, 6.07) is 12.7. The summed E-state index contributed by atoms with van der Waals surface area (Å²) < 4.78 is 0. The van der Waals surface area contributed by atoms with Crippen molar-refractivity contribution in [2.45, 2.75) is 12.5 Å². The lowest BCUT2D eigenvalue weighted by Gasteiger charge is -2.17. The quantitative estimate of drug-likeness (QED) is 0.266. The molecule has 1 aliphatic rings. The number of amides is 3. The summed E-state index contributed by atoms with van der Waals surface area (Å²) in [7, 11) is 0. The van der Waals surface area contributed by atoms with Crippen LogP contribution in [0.4, 0.5) is 11.4 Å². The van der Waals surface area contributed by atoms with Crippen molar-refractivity contribution in [1.82, 2.24) is 5.32 Å². The van der Waals surface area contributed by atoms with Crippen molar-refractivity contribution < 1.29 is 29.2 Å². The van der Waals surface area contributed by atoms with Crippen molar-refractivity contribution in [3.05, 3.63) is 103 Å². The number of imide groups is 1. The highest BCUT2D eigenvalue weighted by Crippen LogP contribution is 2.34. The van der Waals surface area contributed by atoms with Crippen LogP contribution in [0.2, 0.25) is 10.0 Å². The second-order valence-corrected chi connectivity index (χ2v) is 8.55. The minimum atomic E-state index is -1.34. The van der Waals surface area contributed by atoms with E-state index in [0.29, 0.717) is 5.56 Å². The predicted octanol–water partition coefficient (Wildman–Crippen LogP) is 4.13. The van der Waals surface area contributed by atoms with Crippen LogP contribution in [-0.2, 0) is 11.2 Å². The molecule has 2 N–H and O–H groups in total. The number of aliphatic carboxylic acids is 1. The fourth-order valence-electron chi connectivity index (χ4n) is 3.82. The van der Waals surface area contributed by atoms with Gasteiger partial charge in [-0.1, -0.05) is 47.5 Å². The molecular formula is C24H15Cl2N3O7. The minimum absolute atomic E-state index is 0.0536. The molecule has 0 unspecified atom stereocenters. The SMILES string of the molecule is O=C(N[C@@H](Cc1ccc(N2C(=O)c3cccc([N+](=O)[O-])c3C2=O)cc1)C(=O)O)c1c(Cl)cccc1Cl. The molecule has 3 aromatic rings. The molecule has 0 fully saturated rings. The van der Waals surface area contributed by atoms with Gasteiger partial charge in [0.1, 0.15) is 11.6 Å². The molecule has 182 valence electrons. The number of nitrogens with zero attached hydrogens (tertiary/aromatic N) is 2. The number of hydrogen-bond donors (Lipinski definition) is 2. The van der Waals surface area contributed by atoms with Gasteiger partial charge in [-0.2, -0.15) is 0 Å². The van der Waals surface area contributed by atoms with Crippen LogP contribution in [0, 0.1) is 10.1 Å². The van der Waals surface area contributed by atoms with Crippen molar-refractivity contribution in [1.29, 1.82) is 0 Å². The van der Waals surface area contributed by atoms with Crippen molar-refractivity contribution in [2.24, 2.45) is 0 Å². The van der Waals surface area contributed by atoms with E-state index in [1.165, 1.54) is 48.5 Å². The normalized spacial score (nSPS) is 13.3. The van der Waals surface area contributed by atoms with Gasteiger partial charge in [0.2, 0.25) is 0 Å². The number of carbonyl (C=O) groups is 4. The Morgan fingerprint density at radius 2 is 1.58 bits per heavy atom. The molecule has 4 rings (SSSR count). The Bertz CT molecular complexity index is 1420. The molecule has 0 spiro atoms. The molecule has 12 heteroatoms. The highest BCUT2D eigenvalue weighted by atomic mass is 35.5. The van der Waals surface area contributed by atoms with Gasteiger partial charge in [-0.05, 0) is 35.9 Å². The monoisotopic (exact) mass is 527 g/mol. The lowest BCUT2D eigenvalue weighted by Crippen LogP contribution is -2.42. The molecule has 1 heterocycles. The van der Waals surface area contributed by atoms with E-state index >= 15 is 0 Å². The molecule has 0 aromatic heterocycles. The molecule has 1 aliphatic heterocycles. The largest absolute Gasteiger partial charge is 0.480 e. The Kier molecular flexibility index (Phi) is 6.73. The number of halogens is 2. The van der Waals surface area contributed by atoms with Crippen molar-refractivity contribution in [3.63, 3.8) is 0 Å². The van der Waals surface area contributed by atoms with Crippen molar-refractivity contribution >= 4 is 58.3 Å². The summed E-state index contributed by atoms with van der Waals surface area (Å²) in [6.45, 7) is 0. The first-order chi connectivity index (χ1) is 17.1. The summed E-state index contributed by atoms with van der Waals surface area (Å²) in [5, 5.41) is 23.4. The number of fused-ring (bicyclic) bond motifs is 1. The van der Waals surface area contributed by atoms with Gasteiger partial charge in [0.25, 0.3) is 23.4 Å². The number of rotatable bonds is 7. The third-order valence-electron chi connectivity index (χ3n) is 5.52. The Morgan fingerprint density at radius 3 is 2.17 bits per heavy atom. The highest BCUT2D eigenvalue weighted by Gasteiger charge is 2.41. The van der Waals surface area contributed by atoms with Crippen LogP contribution in [0.3, 0.4) is 0 Å². The highest BCUT2D eigenvalue weighted by molar-refractivity contribution is 6.39. The Balaban J connectivity index is 1.54. The number of carboxylic acids is 1. The van der Waals surface area contributed by atoms with Gasteiger partial charge >= 0.3 is 5.97 Å². The van der Waals surface area contributed by atoms with Crippen molar-refractivity contribution in [2.75, 3.05) is 4.90 Å². The number of nitrogens with one attached hydrogen (secondary N) is 1. The van der Waals surface area contributed by atoms with Gasteiger partial charge in [0.15, 0.2) is 0 Å². The molecule has 3 amide bonds. The Labute approximate surface area is 213 Å². The third-order valence-corrected chi connectivity index (χ3v) is 6.15. The van der Waals surface area contributed by atoms with E-state index < -0.39 is 40.3 Å². The van der Waals surface area contributed by atoms with E-state index in [-0.39, 0.29) is 38.8 Å². The molecule has 0 bridgehead atoms. The minimum Gasteiger partial charge on any atom is -0.480 e. The Morgan fingerprint density at radius 1 is 0.972 bits per heavy atom. The molecule has 0 aliphatic carbocycles. The van der Waals surface area contributed by atoms with E-state index in [4.69, 9.17) is 23.2 Å². The average molecular weight is 528 g/mol. The third kappa shape index (κ3) is 4.51. The van der Waals surface area contributed by atoms with Crippen LogP contribution >= 0.6 is 23.2 Å². The van der Waals surface area contributed by atoms with Crippen LogP contribution in [0.25, 0.3) is 0 Å². The average Bonchev–Trinajstić information content (AvgIpc) is 3.09. The summed E-state index contributed by atoms with van der Waals surface area (Å²) >= 11 is 12.0. The van der Waals surface area contributed by atoms with Crippen LogP contribution in [0.15, 0.2) is 60.7 Å². The number of nitro benzene ring substituents is 1. The van der Waals surface area contributed by atoms with E-state index in [1.54, 1.807) is 6.07 Å². The maximum absolute atomic E-state index is 12.8. The van der Waals surface area contributed by atoms with Crippen molar-refractivity contribution in [3.8, 4) is 0 Å². The summed E-state index contributed by atoms with van der Waals surface area (Å²) in [5.41, 5.74) is -0.267. The Hall–Kier alpha value is -4.28. The fraction of sp³-hybridized carbons (Fsp3) is 0.0833. The molecule has 0 radical (unpaired) electrons. The lowest BCUT2D eigenvalue weighted by atomic mass is 10.0. The van der Waals surface area contributed by atoms with Crippen LogP contribution in [0.5, 0.6) is 0 Å². The summed E-state index contributed by atoms with van der Waals surface area (Å²) in [4.78, 5) is 61.4. The standard InChI is InChI=1S/C24H15Cl2N3O7/c25-15-4-2-5-16(26)20(15)21(30)27-17(24(33)34)11-12-7-9-13(10-8-12)28-22(31)14-3-1-6-18(29(35)36)19(14)23(28)32/h1-10,17H,11H2,(H,27,30)(H,33,34)/t17-/m0/s1. The van der Waals surface area contributed by atoms with Crippen LogP contribution < -0.4 is 10.2 Å². The first kappa shape index (κ1) is 24.8. The summed E-state index contributed by atoms with van der Waals surface area (Å²) in [6.07, 6.45) is -0.128. The number of nitro groups is 1. The van der Waals surface area contributed by atoms with E-state index in [1.807, 2.05) is 0 Å². The molecule has 36 heavy (non-hydrogen) atoms. The van der Waals surface area contributed by atoms with Gasteiger partial charge in [-0.15, -0.1) is 0 Å². The van der Waals surface area contributed by atoms with E-state index in [2.05, 4.69) is 5.32 Å². The molecule has 1 atom stereocenters. The zero-order chi connectivity index (χ0) is 26.1. The maximum atomic E-state index is 12.8. The molecule has 10 nitrogen and oxygen atoms in total. The number of anilines is 1. The van der Waals surface area contributed by atoms with E-state index in [0.717, 1.165) is 11.0 Å². The lowest BCUT2D eigenvalue weighted by molar-refractivity contribution is -0.385. The summed E-state index contributed by atoms with van der Waals surface area (Å²) in [5.74, 6) is -3.61. The first-order valence-electron chi connectivity index (χ1n) is 10.3. The predicted molar refractivity (Wildman–Crippen MR) is 130 cm³/mol. The fourth-order valence-corrected chi connectivity index (χ4v) is 4.39. The zero-order valence-corrected chi connectivity index (χ0v) is 19.6. The number of hydrogen-bond acceptors (Lipinski definition) is 6. The molecular weight excluding hydrogens is 513 g/mol. The van der Waals surface area contributed by atoms with Gasteiger partial charge in [-0.3, -0.25) is 24.5 Å². The van der Waals surface area contributed by atoms with Crippen LogP contribution in [-0.4, -0.2) is 39.8 Å². The van der Waals surface area contributed by atoms with E-state index in [9.17, 15) is 34.4 Å². The molecule has 3 aromatic carbocycles. The molecule has 0 saturated carbocycles. The maximum Gasteiger partial charge on any atom is 0.326 e. The molecule has 0 saturated heterocycles.